The molecular formula is C15H20N4O5. The Kier molecular flexibility index (Phi) is 4.28. The van der Waals surface area contributed by atoms with Crippen LogP contribution in [-0.4, -0.2) is 61.1 Å². The van der Waals surface area contributed by atoms with Crippen molar-refractivity contribution in [3.63, 3.8) is 0 Å². The number of fused-ring (bicyclic) bond motifs is 1. The van der Waals surface area contributed by atoms with Crippen molar-refractivity contribution < 1.29 is 24.8 Å². The lowest BCUT2D eigenvalue weighted by Crippen LogP contribution is -2.44. The lowest BCUT2D eigenvalue weighted by molar-refractivity contribution is -0.102. The first-order chi connectivity index (χ1) is 11.4. The molecular weight excluding hydrogens is 316 g/mol. The Balaban J connectivity index is 2.07. The maximum Gasteiger partial charge on any atom is 0.167 e. The van der Waals surface area contributed by atoms with E-state index >= 15 is 0 Å². The minimum atomic E-state index is -1.60. The Labute approximate surface area is 138 Å². The van der Waals surface area contributed by atoms with Crippen molar-refractivity contribution in [2.45, 2.75) is 31.0 Å². The van der Waals surface area contributed by atoms with Crippen LogP contribution >= 0.6 is 0 Å². The average molecular weight is 336 g/mol. The second-order valence-electron chi connectivity index (χ2n) is 5.85. The molecule has 4 atom stereocenters. The standard InChI is InChI=1S/C15H20N4O5/c1-3-8-4-19(13-10(8)12(16)17-6-18-13)14-15(2,22)11(21)9(24-14)5-23-7-20/h3-4,6,9,11,14,20-22H,1,5,7H2,2H3,(H2,16,17,18)/t9?,11?,14?,15-/m1/s1. The zero-order valence-electron chi connectivity index (χ0n) is 13.2. The third-order valence-corrected chi connectivity index (χ3v) is 4.27. The van der Waals surface area contributed by atoms with Crippen LogP contribution in [0.3, 0.4) is 0 Å². The molecule has 0 aliphatic carbocycles. The van der Waals surface area contributed by atoms with Crippen LogP contribution in [0.15, 0.2) is 19.1 Å². The Morgan fingerprint density at radius 1 is 1.54 bits per heavy atom. The van der Waals surface area contributed by atoms with E-state index in [9.17, 15) is 10.2 Å². The van der Waals surface area contributed by atoms with Gasteiger partial charge in [-0.3, -0.25) is 0 Å². The van der Waals surface area contributed by atoms with Gasteiger partial charge in [0.1, 0.15) is 42.4 Å². The van der Waals surface area contributed by atoms with Gasteiger partial charge in [-0.05, 0) is 6.92 Å². The van der Waals surface area contributed by atoms with Gasteiger partial charge >= 0.3 is 0 Å². The molecule has 0 aromatic carbocycles. The van der Waals surface area contributed by atoms with E-state index in [-0.39, 0.29) is 12.4 Å². The first kappa shape index (κ1) is 16.8. The van der Waals surface area contributed by atoms with E-state index in [4.69, 9.17) is 20.3 Å². The molecule has 3 unspecified atom stereocenters. The van der Waals surface area contributed by atoms with E-state index in [1.54, 1.807) is 16.8 Å². The Morgan fingerprint density at radius 3 is 2.96 bits per heavy atom. The van der Waals surface area contributed by atoms with Crippen molar-refractivity contribution in [2.24, 2.45) is 0 Å². The normalized spacial score (nSPS) is 30.1. The smallest absolute Gasteiger partial charge is 0.167 e. The summed E-state index contributed by atoms with van der Waals surface area (Å²) in [5.41, 5.74) is 5.46. The lowest BCUT2D eigenvalue weighted by atomic mass is 9.96. The van der Waals surface area contributed by atoms with E-state index < -0.39 is 30.8 Å². The summed E-state index contributed by atoms with van der Waals surface area (Å²) in [6, 6.07) is 0. The number of nitrogens with zero attached hydrogens (tertiary/aromatic N) is 3. The predicted octanol–water partition coefficient (Wildman–Crippen LogP) is -0.368. The van der Waals surface area contributed by atoms with Gasteiger partial charge in [-0.25, -0.2) is 9.97 Å². The summed E-state index contributed by atoms with van der Waals surface area (Å²) in [6.07, 6.45) is 1.66. The minimum absolute atomic E-state index is 0.0606. The molecule has 1 fully saturated rings. The second-order valence-corrected chi connectivity index (χ2v) is 5.85. The molecule has 0 bridgehead atoms. The van der Waals surface area contributed by atoms with Gasteiger partial charge in [-0.1, -0.05) is 12.7 Å². The van der Waals surface area contributed by atoms with E-state index in [1.807, 2.05) is 0 Å². The quantitative estimate of drug-likeness (QED) is 0.543. The molecule has 24 heavy (non-hydrogen) atoms. The molecule has 2 aromatic rings. The number of aromatic nitrogens is 3. The molecule has 130 valence electrons. The van der Waals surface area contributed by atoms with Crippen LogP contribution < -0.4 is 5.73 Å². The minimum Gasteiger partial charge on any atom is -0.387 e. The Morgan fingerprint density at radius 2 is 2.29 bits per heavy atom. The fraction of sp³-hybridized carbons (Fsp3) is 0.467. The second kappa shape index (κ2) is 6.11. The van der Waals surface area contributed by atoms with Gasteiger partial charge in [0.25, 0.3) is 0 Å². The van der Waals surface area contributed by atoms with E-state index in [1.165, 1.54) is 13.3 Å². The van der Waals surface area contributed by atoms with Gasteiger partial charge in [0, 0.05) is 11.8 Å². The van der Waals surface area contributed by atoms with Crippen LogP contribution in [0.2, 0.25) is 0 Å². The van der Waals surface area contributed by atoms with Crippen molar-refractivity contribution in [3.05, 3.63) is 24.7 Å². The molecule has 3 rings (SSSR count). The molecule has 0 saturated carbocycles. The molecule has 0 spiro atoms. The maximum absolute atomic E-state index is 10.7. The number of aliphatic hydroxyl groups is 3. The Bertz CT molecular complexity index is 760. The number of ether oxygens (including phenoxy) is 2. The van der Waals surface area contributed by atoms with Crippen LogP contribution in [-0.2, 0) is 9.47 Å². The summed E-state index contributed by atoms with van der Waals surface area (Å²) < 4.78 is 12.3. The largest absolute Gasteiger partial charge is 0.387 e. The van der Waals surface area contributed by atoms with E-state index in [0.29, 0.717) is 16.6 Å². The van der Waals surface area contributed by atoms with Crippen LogP contribution in [0.25, 0.3) is 17.1 Å². The fourth-order valence-corrected chi connectivity index (χ4v) is 3.02. The zero-order valence-corrected chi connectivity index (χ0v) is 13.2. The Hall–Kier alpha value is -2.04. The third-order valence-electron chi connectivity index (χ3n) is 4.27. The van der Waals surface area contributed by atoms with Crippen LogP contribution in [0.5, 0.6) is 0 Å². The number of anilines is 1. The summed E-state index contributed by atoms with van der Waals surface area (Å²) in [6.45, 7) is 4.64. The van der Waals surface area contributed by atoms with Crippen molar-refractivity contribution in [1.29, 1.82) is 0 Å². The molecule has 1 saturated heterocycles. The number of hydrogen-bond donors (Lipinski definition) is 4. The van der Waals surface area contributed by atoms with Crippen molar-refractivity contribution in [3.8, 4) is 0 Å². The molecule has 9 heteroatoms. The van der Waals surface area contributed by atoms with Crippen molar-refractivity contribution in [1.82, 2.24) is 14.5 Å². The lowest BCUT2D eigenvalue weighted by Gasteiger charge is -2.27. The van der Waals surface area contributed by atoms with Crippen LogP contribution in [0, 0.1) is 0 Å². The molecule has 0 amide bonds. The maximum atomic E-state index is 10.7. The summed E-state index contributed by atoms with van der Waals surface area (Å²) in [7, 11) is 0. The third kappa shape index (κ3) is 2.46. The van der Waals surface area contributed by atoms with Gasteiger partial charge in [0.05, 0.1) is 12.0 Å². The summed E-state index contributed by atoms with van der Waals surface area (Å²) in [5, 5.41) is 30.4. The highest BCUT2D eigenvalue weighted by Crippen LogP contribution is 2.41. The molecule has 9 nitrogen and oxygen atoms in total. The van der Waals surface area contributed by atoms with E-state index in [2.05, 4.69) is 16.5 Å². The number of nitrogens with two attached hydrogens (primary N) is 1. The van der Waals surface area contributed by atoms with Crippen LogP contribution in [0.1, 0.15) is 18.7 Å². The predicted molar refractivity (Wildman–Crippen MR) is 85.6 cm³/mol. The first-order valence-corrected chi connectivity index (χ1v) is 7.39. The first-order valence-electron chi connectivity index (χ1n) is 7.39. The topological polar surface area (TPSA) is 136 Å². The average Bonchev–Trinajstić information content (AvgIpc) is 3.03. The fourth-order valence-electron chi connectivity index (χ4n) is 3.02. The summed E-state index contributed by atoms with van der Waals surface area (Å²) in [5.74, 6) is 0.284. The van der Waals surface area contributed by atoms with Gasteiger partial charge in [0.2, 0.25) is 0 Å². The van der Waals surface area contributed by atoms with Crippen LogP contribution in [0.4, 0.5) is 5.82 Å². The van der Waals surface area contributed by atoms with Gasteiger partial charge in [-0.2, -0.15) is 0 Å². The van der Waals surface area contributed by atoms with Crippen molar-refractivity contribution >= 4 is 22.9 Å². The van der Waals surface area contributed by atoms with Gasteiger partial charge in [-0.15, -0.1) is 0 Å². The molecule has 5 N–H and O–H groups in total. The highest BCUT2D eigenvalue weighted by atomic mass is 16.6. The number of aliphatic hydroxyl groups excluding tert-OH is 2. The highest BCUT2D eigenvalue weighted by molar-refractivity contribution is 5.94. The zero-order chi connectivity index (χ0) is 17.5. The number of hydrogen-bond acceptors (Lipinski definition) is 8. The van der Waals surface area contributed by atoms with Gasteiger partial charge in [0.15, 0.2) is 6.23 Å². The molecule has 3 heterocycles. The SMILES string of the molecule is C=Cc1cn(C2OC(COCO)C(O)[C@@]2(C)O)c2ncnc(N)c12. The highest BCUT2D eigenvalue weighted by Gasteiger charge is 2.53. The summed E-state index contributed by atoms with van der Waals surface area (Å²) in [4.78, 5) is 8.18. The monoisotopic (exact) mass is 336 g/mol. The molecule has 2 aromatic heterocycles. The molecule has 0 radical (unpaired) electrons. The van der Waals surface area contributed by atoms with E-state index in [0.717, 1.165) is 0 Å². The molecule has 1 aliphatic rings. The summed E-state index contributed by atoms with van der Waals surface area (Å²) >= 11 is 0. The van der Waals surface area contributed by atoms with Crippen molar-refractivity contribution in [2.75, 3.05) is 19.1 Å². The van der Waals surface area contributed by atoms with Gasteiger partial charge < -0.3 is 35.1 Å². The number of nitrogen functional groups attached to an aromatic ring is 1. The molecule has 1 aliphatic heterocycles. The number of rotatable bonds is 5.